The number of ether oxygens (including phenoxy) is 2. The number of nitrogens with zero attached hydrogens (tertiary/aromatic N) is 3. The Morgan fingerprint density at radius 2 is 1.88 bits per heavy atom. The van der Waals surface area contributed by atoms with Crippen LogP contribution in [0.4, 0.5) is 4.39 Å². The molecule has 4 rings (SSSR count). The first-order valence-electron chi connectivity index (χ1n) is 11.4. The van der Waals surface area contributed by atoms with E-state index in [-0.39, 0.29) is 43.4 Å². The standard InChI is InChI=1S/C23H32FN3O5/c1-25-8-10-26(11-9-25)22(29)12-17-6-7-20-21(32-17)15-31-14-16(28)13-27(20)23(30)18-4-2-3-5-19(18)24/h2-5,16-17,20-21,28H,6-15H2,1H3/t16-,17+,20-,21+/m0/s1. The quantitative estimate of drug-likeness (QED) is 0.733. The van der Waals surface area contributed by atoms with Crippen LogP contribution in [0.3, 0.4) is 0 Å². The fourth-order valence-corrected chi connectivity index (χ4v) is 4.74. The number of benzene rings is 1. The van der Waals surface area contributed by atoms with E-state index in [2.05, 4.69) is 4.90 Å². The third-order valence-electron chi connectivity index (χ3n) is 6.60. The lowest BCUT2D eigenvalue weighted by Crippen LogP contribution is -2.57. The largest absolute Gasteiger partial charge is 0.389 e. The van der Waals surface area contributed by atoms with Crippen LogP contribution in [0.15, 0.2) is 24.3 Å². The normalized spacial score (nSPS) is 29.7. The fraction of sp³-hybridized carbons (Fsp3) is 0.652. The van der Waals surface area contributed by atoms with Crippen LogP contribution >= 0.6 is 0 Å². The minimum absolute atomic E-state index is 0.0210. The van der Waals surface area contributed by atoms with E-state index >= 15 is 0 Å². The molecule has 3 saturated heterocycles. The van der Waals surface area contributed by atoms with Crippen LogP contribution in [0.25, 0.3) is 0 Å². The van der Waals surface area contributed by atoms with Crippen LogP contribution in [-0.2, 0) is 14.3 Å². The Labute approximate surface area is 187 Å². The zero-order chi connectivity index (χ0) is 22.7. The number of hydrogen-bond donors (Lipinski definition) is 1. The summed E-state index contributed by atoms with van der Waals surface area (Å²) >= 11 is 0. The highest BCUT2D eigenvalue weighted by molar-refractivity contribution is 5.94. The van der Waals surface area contributed by atoms with Crippen LogP contribution in [0.1, 0.15) is 29.6 Å². The Morgan fingerprint density at radius 1 is 1.12 bits per heavy atom. The number of carbonyl (C=O) groups excluding carboxylic acids is 2. The van der Waals surface area contributed by atoms with Gasteiger partial charge in [0.25, 0.3) is 5.91 Å². The molecule has 3 heterocycles. The number of amides is 2. The van der Waals surface area contributed by atoms with Gasteiger partial charge in [-0.15, -0.1) is 0 Å². The summed E-state index contributed by atoms with van der Waals surface area (Å²) < 4.78 is 26.1. The molecule has 8 nitrogen and oxygen atoms in total. The van der Waals surface area contributed by atoms with Gasteiger partial charge >= 0.3 is 0 Å². The summed E-state index contributed by atoms with van der Waals surface area (Å²) in [5.74, 6) is -0.966. The Balaban J connectivity index is 1.44. The Morgan fingerprint density at radius 3 is 2.62 bits per heavy atom. The van der Waals surface area contributed by atoms with E-state index in [9.17, 15) is 19.1 Å². The van der Waals surface area contributed by atoms with E-state index in [0.29, 0.717) is 19.3 Å². The van der Waals surface area contributed by atoms with Gasteiger partial charge in [-0.1, -0.05) is 12.1 Å². The van der Waals surface area contributed by atoms with Gasteiger partial charge in [-0.2, -0.15) is 0 Å². The molecule has 1 N–H and O–H groups in total. The Hall–Kier alpha value is -2.07. The van der Waals surface area contributed by atoms with Crippen molar-refractivity contribution in [3.8, 4) is 0 Å². The molecule has 1 aromatic carbocycles. The monoisotopic (exact) mass is 449 g/mol. The number of rotatable bonds is 3. The van der Waals surface area contributed by atoms with Gasteiger partial charge in [0, 0.05) is 32.7 Å². The molecule has 0 spiro atoms. The smallest absolute Gasteiger partial charge is 0.257 e. The topological polar surface area (TPSA) is 82.6 Å². The second kappa shape index (κ2) is 10.2. The maximum Gasteiger partial charge on any atom is 0.257 e. The average Bonchev–Trinajstić information content (AvgIpc) is 2.77. The highest BCUT2D eigenvalue weighted by Crippen LogP contribution is 2.29. The van der Waals surface area contributed by atoms with E-state index in [1.807, 2.05) is 11.9 Å². The number of piperazine rings is 1. The molecular weight excluding hydrogens is 417 g/mol. The third kappa shape index (κ3) is 5.28. The molecule has 3 aliphatic rings. The Kier molecular flexibility index (Phi) is 7.40. The number of likely N-dealkylation sites (N-methyl/N-ethyl adjacent to an activating group) is 1. The highest BCUT2D eigenvalue weighted by Gasteiger charge is 2.41. The lowest BCUT2D eigenvalue weighted by Gasteiger charge is -2.44. The van der Waals surface area contributed by atoms with E-state index in [4.69, 9.17) is 9.47 Å². The van der Waals surface area contributed by atoms with E-state index in [0.717, 1.165) is 26.2 Å². The van der Waals surface area contributed by atoms with Gasteiger partial charge in [0.2, 0.25) is 5.91 Å². The third-order valence-corrected chi connectivity index (χ3v) is 6.60. The fourth-order valence-electron chi connectivity index (χ4n) is 4.74. The van der Waals surface area contributed by atoms with Crippen molar-refractivity contribution in [1.29, 1.82) is 0 Å². The molecule has 0 aliphatic carbocycles. The number of β-amino-alcohol motifs (C(OH)–C–C–N with tert-alkyl or cyclic N) is 1. The SMILES string of the molecule is CN1CCN(C(=O)C[C@H]2CC[C@H]3[C@@H](COC[C@@H](O)CN3C(=O)c3ccccc3F)O2)CC1. The van der Waals surface area contributed by atoms with E-state index in [1.165, 1.54) is 23.1 Å². The molecule has 0 aromatic heterocycles. The van der Waals surface area contributed by atoms with Crippen molar-refractivity contribution in [1.82, 2.24) is 14.7 Å². The van der Waals surface area contributed by atoms with Crippen molar-refractivity contribution in [3.05, 3.63) is 35.6 Å². The molecule has 9 heteroatoms. The van der Waals surface area contributed by atoms with Crippen molar-refractivity contribution in [2.45, 2.75) is 43.6 Å². The van der Waals surface area contributed by atoms with Crippen LogP contribution < -0.4 is 0 Å². The number of hydrogen-bond acceptors (Lipinski definition) is 6. The molecule has 0 bridgehead atoms. The molecule has 0 saturated carbocycles. The van der Waals surface area contributed by atoms with Crippen LogP contribution in [0, 0.1) is 5.82 Å². The van der Waals surface area contributed by atoms with Gasteiger partial charge in [-0.3, -0.25) is 9.59 Å². The van der Waals surface area contributed by atoms with E-state index in [1.54, 1.807) is 6.07 Å². The number of aliphatic hydroxyl groups excluding tert-OH is 1. The van der Waals surface area contributed by atoms with Crippen LogP contribution in [0.5, 0.6) is 0 Å². The Bertz CT molecular complexity index is 817. The first kappa shape index (κ1) is 23.1. The minimum atomic E-state index is -0.858. The maximum atomic E-state index is 14.3. The second-order valence-corrected chi connectivity index (χ2v) is 8.96. The van der Waals surface area contributed by atoms with Crippen molar-refractivity contribution in [2.75, 3.05) is 53.0 Å². The van der Waals surface area contributed by atoms with Gasteiger partial charge in [-0.05, 0) is 32.0 Å². The van der Waals surface area contributed by atoms with Gasteiger partial charge < -0.3 is 29.3 Å². The summed E-state index contributed by atoms with van der Waals surface area (Å²) in [6.45, 7) is 3.50. The first-order chi connectivity index (χ1) is 15.4. The lowest BCUT2D eigenvalue weighted by molar-refractivity contribution is -0.155. The minimum Gasteiger partial charge on any atom is -0.389 e. The number of fused-ring (bicyclic) bond motifs is 1. The van der Waals surface area contributed by atoms with Gasteiger partial charge in [0.15, 0.2) is 0 Å². The van der Waals surface area contributed by atoms with Crippen LogP contribution in [0.2, 0.25) is 0 Å². The summed E-state index contributed by atoms with van der Waals surface area (Å²) in [6, 6.07) is 5.51. The molecule has 3 aliphatic heterocycles. The number of carbonyl (C=O) groups is 2. The summed E-state index contributed by atoms with van der Waals surface area (Å²) in [5.41, 5.74) is -0.0210. The first-order valence-corrected chi connectivity index (χ1v) is 11.4. The van der Waals surface area contributed by atoms with Crippen molar-refractivity contribution < 1.29 is 28.6 Å². The number of aliphatic hydroxyl groups is 1. The molecule has 32 heavy (non-hydrogen) atoms. The summed E-state index contributed by atoms with van der Waals surface area (Å²) in [4.78, 5) is 31.6. The summed E-state index contributed by atoms with van der Waals surface area (Å²) in [7, 11) is 2.05. The molecule has 3 fully saturated rings. The van der Waals surface area contributed by atoms with Gasteiger partial charge in [0.1, 0.15) is 11.9 Å². The van der Waals surface area contributed by atoms with E-state index < -0.39 is 23.9 Å². The maximum absolute atomic E-state index is 14.3. The molecule has 4 atom stereocenters. The summed E-state index contributed by atoms with van der Waals surface area (Å²) in [6.07, 6.45) is -0.0294. The predicted octanol–water partition coefficient (Wildman–Crippen LogP) is 0.739. The van der Waals surface area contributed by atoms with Crippen molar-refractivity contribution in [2.24, 2.45) is 0 Å². The highest BCUT2D eigenvalue weighted by atomic mass is 19.1. The number of halogens is 1. The zero-order valence-corrected chi connectivity index (χ0v) is 18.5. The summed E-state index contributed by atoms with van der Waals surface area (Å²) in [5, 5.41) is 10.3. The van der Waals surface area contributed by atoms with Crippen molar-refractivity contribution in [3.63, 3.8) is 0 Å². The zero-order valence-electron chi connectivity index (χ0n) is 18.5. The van der Waals surface area contributed by atoms with Crippen LogP contribution in [-0.4, -0.2) is 109 Å². The molecule has 0 radical (unpaired) electrons. The average molecular weight is 450 g/mol. The van der Waals surface area contributed by atoms with Gasteiger partial charge in [0.05, 0.1) is 43.4 Å². The second-order valence-electron chi connectivity index (χ2n) is 8.96. The molecule has 176 valence electrons. The van der Waals surface area contributed by atoms with Gasteiger partial charge in [-0.25, -0.2) is 4.39 Å². The molecule has 0 unspecified atom stereocenters. The molecule has 1 aromatic rings. The predicted molar refractivity (Wildman–Crippen MR) is 115 cm³/mol. The lowest BCUT2D eigenvalue weighted by atomic mass is 9.94. The molecule has 2 amide bonds. The molecular formula is C23H32FN3O5. The van der Waals surface area contributed by atoms with Crippen molar-refractivity contribution >= 4 is 11.8 Å².